The lowest BCUT2D eigenvalue weighted by molar-refractivity contribution is -0.138. The van der Waals surface area contributed by atoms with Gasteiger partial charge in [0.25, 0.3) is 0 Å². The zero-order chi connectivity index (χ0) is 22.8. The molecule has 6 nitrogen and oxygen atoms in total. The highest BCUT2D eigenvalue weighted by atomic mass is 32.2. The van der Waals surface area contributed by atoms with Crippen molar-refractivity contribution >= 4 is 33.4 Å². The molecule has 1 aliphatic heterocycles. The maximum atomic E-state index is 13.5. The Bertz CT molecular complexity index is 1090. The van der Waals surface area contributed by atoms with Gasteiger partial charge in [0.1, 0.15) is 0 Å². The molecule has 1 aliphatic rings. The van der Waals surface area contributed by atoms with Crippen molar-refractivity contribution in [2.24, 2.45) is 0 Å². The summed E-state index contributed by atoms with van der Waals surface area (Å²) in [6.07, 6.45) is -2.25. The summed E-state index contributed by atoms with van der Waals surface area (Å²) in [5.41, 5.74) is -0.943. The maximum absolute atomic E-state index is 13.5. The quantitative estimate of drug-likeness (QED) is 0.327. The second kappa shape index (κ2) is 9.11. The van der Waals surface area contributed by atoms with Crippen LogP contribution in [0.2, 0.25) is 0 Å². The fourth-order valence-electron chi connectivity index (χ4n) is 2.73. The van der Waals surface area contributed by atoms with Crippen LogP contribution in [0.15, 0.2) is 41.3 Å². The lowest BCUT2D eigenvalue weighted by atomic mass is 10.1. The van der Waals surface area contributed by atoms with Crippen LogP contribution in [0.5, 0.6) is 0 Å². The number of carbonyl (C=O) groups excluding carboxylic acids is 1. The first-order valence-electron chi connectivity index (χ1n) is 9.26. The molecule has 0 amide bonds. The van der Waals surface area contributed by atoms with E-state index < -0.39 is 32.6 Å². The number of benzene rings is 1. The highest BCUT2D eigenvalue weighted by Crippen LogP contribution is 2.37. The summed E-state index contributed by atoms with van der Waals surface area (Å²) in [7, 11) is -2.84. The lowest BCUT2D eigenvalue weighted by Gasteiger charge is -2.18. The van der Waals surface area contributed by atoms with E-state index in [0.717, 1.165) is 21.7 Å². The van der Waals surface area contributed by atoms with Gasteiger partial charge in [-0.2, -0.15) is 17.5 Å². The monoisotopic (exact) mass is 475 g/mol. The van der Waals surface area contributed by atoms with Crippen molar-refractivity contribution in [2.45, 2.75) is 24.1 Å². The van der Waals surface area contributed by atoms with Gasteiger partial charge in [0.2, 0.25) is 10.0 Å². The highest BCUT2D eigenvalue weighted by Gasteiger charge is 2.35. The second-order valence-electron chi connectivity index (χ2n) is 6.77. The first-order chi connectivity index (χ1) is 14.5. The lowest BCUT2D eigenvalue weighted by Crippen LogP contribution is -2.30. The van der Waals surface area contributed by atoms with Crippen molar-refractivity contribution in [2.75, 3.05) is 26.8 Å². The third kappa shape index (κ3) is 5.94. The first-order valence-corrected chi connectivity index (χ1v) is 11.5. The number of thiophene rings is 1. The van der Waals surface area contributed by atoms with Crippen LogP contribution in [-0.4, -0.2) is 51.6 Å². The number of ether oxygens (including phenoxy) is 2. The van der Waals surface area contributed by atoms with Gasteiger partial charge in [0.05, 0.1) is 29.8 Å². The van der Waals surface area contributed by atoms with E-state index in [9.17, 15) is 26.4 Å². The van der Waals surface area contributed by atoms with Gasteiger partial charge in [-0.25, -0.2) is 13.2 Å². The van der Waals surface area contributed by atoms with Gasteiger partial charge in [0.15, 0.2) is 0 Å². The molecule has 0 N–H and O–H groups in total. The van der Waals surface area contributed by atoms with E-state index in [1.807, 2.05) is 0 Å². The van der Waals surface area contributed by atoms with Crippen molar-refractivity contribution in [3.63, 3.8) is 0 Å². The van der Waals surface area contributed by atoms with E-state index in [1.165, 1.54) is 25.3 Å². The Morgan fingerprint density at radius 3 is 2.65 bits per heavy atom. The van der Waals surface area contributed by atoms with Crippen molar-refractivity contribution in [3.05, 3.63) is 46.8 Å². The summed E-state index contributed by atoms with van der Waals surface area (Å²) in [6.45, 7) is 2.38. The third-order valence-corrected chi connectivity index (χ3v) is 7.29. The highest BCUT2D eigenvalue weighted by molar-refractivity contribution is 7.89. The van der Waals surface area contributed by atoms with Crippen LogP contribution in [0.25, 0.3) is 16.5 Å². The minimum absolute atomic E-state index is 0.0652. The SMILES string of the molecule is CCOC(=O)/C=C/c1ccc(-c2cc(C(F)(F)F)cc(S(=O)(=O)N(C)CC3CO3)c2)s1. The molecule has 1 fully saturated rings. The Balaban J connectivity index is 1.97. The molecule has 2 heterocycles. The molecule has 0 bridgehead atoms. The largest absolute Gasteiger partial charge is 0.463 e. The Labute approximate surface area is 181 Å². The molecule has 1 aromatic heterocycles. The predicted octanol–water partition coefficient (Wildman–Crippen LogP) is 4.03. The molecule has 31 heavy (non-hydrogen) atoms. The summed E-state index contributed by atoms with van der Waals surface area (Å²) in [5, 5.41) is 0. The molecule has 3 rings (SSSR count). The number of carbonyl (C=O) groups is 1. The number of halogens is 3. The normalized spacial score (nSPS) is 16.8. The maximum Gasteiger partial charge on any atom is 0.416 e. The number of hydrogen-bond donors (Lipinski definition) is 0. The van der Waals surface area contributed by atoms with E-state index in [0.29, 0.717) is 22.4 Å². The molecular formula is C20H20F3NO5S2. The number of rotatable bonds is 8. The van der Waals surface area contributed by atoms with E-state index in [2.05, 4.69) is 0 Å². The average Bonchev–Trinajstić information content (AvgIpc) is 3.38. The minimum Gasteiger partial charge on any atom is -0.463 e. The smallest absolute Gasteiger partial charge is 0.416 e. The second-order valence-corrected chi connectivity index (χ2v) is 9.93. The number of nitrogens with zero attached hydrogens (tertiary/aromatic N) is 1. The van der Waals surface area contributed by atoms with Crippen LogP contribution in [0.4, 0.5) is 13.2 Å². The van der Waals surface area contributed by atoms with Gasteiger partial charge >= 0.3 is 12.1 Å². The van der Waals surface area contributed by atoms with E-state index in [-0.39, 0.29) is 24.8 Å². The number of sulfonamides is 1. The predicted molar refractivity (Wildman–Crippen MR) is 110 cm³/mol. The first kappa shape index (κ1) is 23.5. The fraction of sp³-hybridized carbons (Fsp3) is 0.350. The number of hydrogen-bond acceptors (Lipinski definition) is 6. The molecule has 1 atom stereocenters. The Hall–Kier alpha value is -2.21. The molecular weight excluding hydrogens is 455 g/mol. The van der Waals surface area contributed by atoms with Gasteiger partial charge in [-0.3, -0.25) is 0 Å². The Morgan fingerprint density at radius 1 is 1.32 bits per heavy atom. The zero-order valence-electron chi connectivity index (χ0n) is 16.7. The van der Waals surface area contributed by atoms with Gasteiger partial charge in [-0.1, -0.05) is 0 Å². The molecule has 1 saturated heterocycles. The Kier molecular flexibility index (Phi) is 6.89. The van der Waals surface area contributed by atoms with Crippen LogP contribution >= 0.6 is 11.3 Å². The minimum atomic E-state index is -4.72. The number of alkyl halides is 3. The van der Waals surface area contributed by atoms with E-state index in [4.69, 9.17) is 9.47 Å². The molecule has 0 saturated carbocycles. The summed E-state index contributed by atoms with van der Waals surface area (Å²) < 4.78 is 76.9. The van der Waals surface area contributed by atoms with Crippen molar-refractivity contribution in [1.29, 1.82) is 0 Å². The van der Waals surface area contributed by atoms with E-state index >= 15 is 0 Å². The van der Waals surface area contributed by atoms with Crippen LogP contribution < -0.4 is 0 Å². The molecule has 0 spiro atoms. The van der Waals surface area contributed by atoms with Crippen molar-refractivity contribution < 1.29 is 35.9 Å². The number of likely N-dealkylation sites (N-methyl/N-ethyl adjacent to an activating group) is 1. The summed E-state index contributed by atoms with van der Waals surface area (Å²) in [6, 6.07) is 5.97. The van der Waals surface area contributed by atoms with Gasteiger partial charge in [-0.05, 0) is 48.9 Å². The molecule has 0 aliphatic carbocycles. The van der Waals surface area contributed by atoms with Crippen LogP contribution in [0.3, 0.4) is 0 Å². The standard InChI is InChI=1S/C20H20F3NO5S2/c1-3-28-19(25)7-5-16-4-6-18(30-16)13-8-14(20(21,22)23)10-17(9-13)31(26,27)24(2)11-15-12-29-15/h4-10,15H,3,11-12H2,1-2H3/b7-5+. The summed E-state index contributed by atoms with van der Waals surface area (Å²) >= 11 is 1.12. The topological polar surface area (TPSA) is 76.2 Å². The number of esters is 1. The van der Waals surface area contributed by atoms with Gasteiger partial charge < -0.3 is 9.47 Å². The molecule has 1 aromatic carbocycles. The van der Waals surface area contributed by atoms with Crippen LogP contribution in [0, 0.1) is 0 Å². The van der Waals surface area contributed by atoms with Crippen molar-refractivity contribution in [3.8, 4) is 10.4 Å². The van der Waals surface area contributed by atoms with Crippen molar-refractivity contribution in [1.82, 2.24) is 4.31 Å². The van der Waals surface area contributed by atoms with Crippen LogP contribution in [0.1, 0.15) is 17.4 Å². The van der Waals surface area contributed by atoms with E-state index in [1.54, 1.807) is 19.1 Å². The summed E-state index contributed by atoms with van der Waals surface area (Å²) in [4.78, 5) is 12.0. The molecule has 1 unspecified atom stereocenters. The third-order valence-electron chi connectivity index (χ3n) is 4.39. The molecule has 11 heteroatoms. The molecule has 2 aromatic rings. The van der Waals surface area contributed by atoms with Crippen LogP contribution in [-0.2, 0) is 30.5 Å². The van der Waals surface area contributed by atoms with Gasteiger partial charge in [0, 0.05) is 29.4 Å². The zero-order valence-corrected chi connectivity index (χ0v) is 18.3. The molecule has 0 radical (unpaired) electrons. The number of epoxide rings is 1. The average molecular weight is 476 g/mol. The fourth-order valence-corrected chi connectivity index (χ4v) is 4.90. The Morgan fingerprint density at radius 2 is 2.03 bits per heavy atom. The van der Waals surface area contributed by atoms with Gasteiger partial charge in [-0.15, -0.1) is 11.3 Å². The molecule has 168 valence electrons. The summed E-state index contributed by atoms with van der Waals surface area (Å²) in [5.74, 6) is -0.535.